The zero-order valence-corrected chi connectivity index (χ0v) is 11.5. The van der Waals surface area contributed by atoms with Gasteiger partial charge in [0.1, 0.15) is 5.76 Å². The summed E-state index contributed by atoms with van der Waals surface area (Å²) in [4.78, 5) is 0. The quantitative estimate of drug-likeness (QED) is 0.466. The first kappa shape index (κ1) is 15.2. The van der Waals surface area contributed by atoms with Gasteiger partial charge in [-0.1, -0.05) is 54.6 Å². The van der Waals surface area contributed by atoms with E-state index in [1.807, 2.05) is 85.0 Å². The summed E-state index contributed by atoms with van der Waals surface area (Å²) in [5.41, 5.74) is 1.72. The van der Waals surface area contributed by atoms with Crippen molar-refractivity contribution in [3.63, 3.8) is 0 Å². The Morgan fingerprint density at radius 3 is 1.89 bits per heavy atom. The summed E-state index contributed by atoms with van der Waals surface area (Å²) in [5, 5.41) is 9.80. The molecule has 0 atom stereocenters. The largest absolute Gasteiger partial charge is 0.507 e. The first-order valence-electron chi connectivity index (χ1n) is 5.88. The van der Waals surface area contributed by atoms with E-state index in [1.165, 1.54) is 0 Å². The molecule has 0 saturated heterocycles. The fourth-order valence-electron chi connectivity index (χ4n) is 1.62. The van der Waals surface area contributed by atoms with Gasteiger partial charge in [-0.05, 0) is 0 Å². The van der Waals surface area contributed by atoms with Crippen LogP contribution < -0.4 is 0 Å². The zero-order chi connectivity index (χ0) is 12.6. The van der Waals surface area contributed by atoms with Crippen LogP contribution >= 0.6 is 0 Å². The summed E-state index contributed by atoms with van der Waals surface area (Å²) in [5.74, 6) is 0.339. The van der Waals surface area contributed by atoms with Gasteiger partial charge in [0.15, 0.2) is 0 Å². The van der Waals surface area contributed by atoms with Gasteiger partial charge in [-0.2, -0.15) is 18.2 Å². The van der Waals surface area contributed by atoms with Crippen molar-refractivity contribution in [1.82, 2.24) is 0 Å². The number of rotatable bonds is 1. The number of benzene rings is 1. The minimum absolute atomic E-state index is 0. The molecule has 0 amide bonds. The molecule has 19 heavy (non-hydrogen) atoms. The monoisotopic (exact) mass is 291 g/mol. The van der Waals surface area contributed by atoms with Crippen molar-refractivity contribution in [3.8, 4) is 0 Å². The van der Waals surface area contributed by atoms with Gasteiger partial charge in [0, 0.05) is 28.2 Å². The predicted octanol–water partition coefficient (Wildman–Crippen LogP) is 4.48. The van der Waals surface area contributed by atoms with E-state index in [0.29, 0.717) is 5.76 Å². The third-order valence-corrected chi connectivity index (χ3v) is 2.54. The zero-order valence-electron chi connectivity index (χ0n) is 10.4. The summed E-state index contributed by atoms with van der Waals surface area (Å²) < 4.78 is 0. The van der Waals surface area contributed by atoms with E-state index in [2.05, 4.69) is 0 Å². The van der Waals surface area contributed by atoms with Crippen LogP contribution in [0.15, 0.2) is 90.5 Å². The first-order chi connectivity index (χ1) is 8.88. The SMILES string of the molecule is OC(=C1C=CC=C1)c1ccccc1.[Fe].c1cc[cH-]c1. The molecule has 0 unspecified atom stereocenters. The fourth-order valence-corrected chi connectivity index (χ4v) is 1.62. The Morgan fingerprint density at radius 2 is 1.42 bits per heavy atom. The Hall–Kier alpha value is -1.89. The van der Waals surface area contributed by atoms with Crippen LogP contribution in [0.3, 0.4) is 0 Å². The molecule has 3 rings (SSSR count). The number of aliphatic hydroxyl groups excluding tert-OH is 1. The minimum atomic E-state index is 0. The summed E-state index contributed by atoms with van der Waals surface area (Å²) in [7, 11) is 0. The maximum atomic E-state index is 9.80. The average molecular weight is 291 g/mol. The van der Waals surface area contributed by atoms with Gasteiger partial charge >= 0.3 is 0 Å². The van der Waals surface area contributed by atoms with Crippen molar-refractivity contribution in [2.24, 2.45) is 0 Å². The van der Waals surface area contributed by atoms with Crippen LogP contribution in [0.1, 0.15) is 5.56 Å². The van der Waals surface area contributed by atoms with Crippen molar-refractivity contribution >= 4 is 5.76 Å². The topological polar surface area (TPSA) is 20.2 Å². The molecule has 0 aliphatic heterocycles. The normalized spacial score (nSPS) is 11.5. The van der Waals surface area contributed by atoms with E-state index in [0.717, 1.165) is 11.1 Å². The van der Waals surface area contributed by atoms with Crippen molar-refractivity contribution < 1.29 is 22.2 Å². The van der Waals surface area contributed by atoms with Crippen molar-refractivity contribution in [2.75, 3.05) is 0 Å². The fraction of sp³-hybridized carbons (Fsp3) is 0. The molecule has 0 radical (unpaired) electrons. The first-order valence-corrected chi connectivity index (χ1v) is 5.88. The van der Waals surface area contributed by atoms with Crippen LogP contribution in [0, 0.1) is 0 Å². The molecule has 98 valence electrons. The Balaban J connectivity index is 0.000000256. The molecule has 1 N–H and O–H groups in total. The van der Waals surface area contributed by atoms with Gasteiger partial charge in [0.2, 0.25) is 0 Å². The number of aliphatic hydroxyl groups is 1. The van der Waals surface area contributed by atoms with Gasteiger partial charge < -0.3 is 5.11 Å². The molecule has 2 aromatic carbocycles. The summed E-state index contributed by atoms with van der Waals surface area (Å²) in [6, 6.07) is 19.5. The van der Waals surface area contributed by atoms with Crippen molar-refractivity contribution in [3.05, 3.63) is 96.1 Å². The molecule has 0 heterocycles. The molecular weight excluding hydrogens is 276 g/mol. The number of hydrogen-bond acceptors (Lipinski definition) is 1. The third-order valence-electron chi connectivity index (χ3n) is 2.54. The average Bonchev–Trinajstić information content (AvgIpc) is 3.14. The standard InChI is InChI=1S/C12H10O.C5H5.Fe/c13-12(11-8-4-5-9-11)10-6-2-1-3-7-10;1-2-4-5-3-1;/h1-9,13H;1-5H;/q;-1;. The molecule has 0 fully saturated rings. The molecule has 1 aliphatic rings. The van der Waals surface area contributed by atoms with Crippen LogP contribution in [-0.4, -0.2) is 5.11 Å². The number of hydrogen-bond donors (Lipinski definition) is 1. The van der Waals surface area contributed by atoms with E-state index in [9.17, 15) is 5.11 Å². The molecule has 2 aromatic rings. The smallest absolute Gasteiger partial charge is 0.130 e. The van der Waals surface area contributed by atoms with Crippen LogP contribution in [0.4, 0.5) is 0 Å². The van der Waals surface area contributed by atoms with Crippen LogP contribution in [0.25, 0.3) is 5.76 Å². The van der Waals surface area contributed by atoms with Crippen LogP contribution in [0.5, 0.6) is 0 Å². The van der Waals surface area contributed by atoms with Crippen LogP contribution in [0.2, 0.25) is 0 Å². The second-order valence-corrected chi connectivity index (χ2v) is 3.85. The molecule has 2 heteroatoms. The van der Waals surface area contributed by atoms with E-state index in [1.54, 1.807) is 0 Å². The molecule has 0 bridgehead atoms. The van der Waals surface area contributed by atoms with Crippen molar-refractivity contribution in [2.45, 2.75) is 0 Å². The van der Waals surface area contributed by atoms with Gasteiger partial charge in [0.05, 0.1) is 0 Å². The van der Waals surface area contributed by atoms with E-state index in [-0.39, 0.29) is 17.1 Å². The Bertz CT molecular complexity index is 517. The number of allylic oxidation sites excluding steroid dienone is 5. The maximum Gasteiger partial charge on any atom is 0.130 e. The van der Waals surface area contributed by atoms with E-state index < -0.39 is 0 Å². The third kappa shape index (κ3) is 4.70. The van der Waals surface area contributed by atoms with Gasteiger partial charge in [0.25, 0.3) is 0 Å². The molecule has 0 saturated carbocycles. The van der Waals surface area contributed by atoms with Crippen LogP contribution in [-0.2, 0) is 17.1 Å². The maximum absolute atomic E-state index is 9.80. The Kier molecular flexibility index (Phi) is 6.59. The second-order valence-electron chi connectivity index (χ2n) is 3.85. The minimum Gasteiger partial charge on any atom is -0.507 e. The van der Waals surface area contributed by atoms with Gasteiger partial charge in [-0.3, -0.25) is 0 Å². The summed E-state index contributed by atoms with van der Waals surface area (Å²) >= 11 is 0. The van der Waals surface area contributed by atoms with Gasteiger partial charge in [-0.15, -0.1) is 0 Å². The molecule has 0 spiro atoms. The molecule has 1 aliphatic carbocycles. The predicted molar refractivity (Wildman–Crippen MR) is 76.3 cm³/mol. The molecular formula is C17H15FeO-. The van der Waals surface area contributed by atoms with E-state index >= 15 is 0 Å². The summed E-state index contributed by atoms with van der Waals surface area (Å²) in [6.45, 7) is 0. The molecule has 0 aromatic heterocycles. The van der Waals surface area contributed by atoms with E-state index in [4.69, 9.17) is 0 Å². The Morgan fingerprint density at radius 1 is 0.842 bits per heavy atom. The second kappa shape index (κ2) is 8.25. The Labute approximate surface area is 124 Å². The molecule has 1 nitrogen and oxygen atoms in total. The summed E-state index contributed by atoms with van der Waals surface area (Å²) in [6.07, 6.45) is 7.60. The van der Waals surface area contributed by atoms with Gasteiger partial charge in [-0.25, -0.2) is 12.1 Å². The van der Waals surface area contributed by atoms with Crippen molar-refractivity contribution in [1.29, 1.82) is 0 Å².